The van der Waals surface area contributed by atoms with E-state index in [1.807, 2.05) is 13.8 Å². The molecule has 1 rings (SSSR count). The van der Waals surface area contributed by atoms with E-state index in [9.17, 15) is 4.79 Å². The largest absolute Gasteiger partial charge is 0.508 e. The van der Waals surface area contributed by atoms with Crippen molar-refractivity contribution in [3.63, 3.8) is 0 Å². The molecular weight excluding hydrogens is 190 g/mol. The number of hydrogen-bond acceptors (Lipinski definition) is 2. The third-order valence-corrected chi connectivity index (χ3v) is 2.21. The SMILES string of the molecule is CC[C@@H](C)[CH]C(=O)Nc1ccc(O)cc1. The van der Waals surface area contributed by atoms with Gasteiger partial charge < -0.3 is 10.4 Å². The van der Waals surface area contributed by atoms with Gasteiger partial charge in [-0.2, -0.15) is 0 Å². The van der Waals surface area contributed by atoms with Crippen molar-refractivity contribution in [1.29, 1.82) is 0 Å². The van der Waals surface area contributed by atoms with Gasteiger partial charge in [0.2, 0.25) is 5.91 Å². The highest BCUT2D eigenvalue weighted by molar-refractivity contribution is 5.97. The maximum absolute atomic E-state index is 11.4. The molecule has 0 fully saturated rings. The molecule has 3 heteroatoms. The van der Waals surface area contributed by atoms with Crippen LogP contribution in [-0.4, -0.2) is 11.0 Å². The van der Waals surface area contributed by atoms with Gasteiger partial charge in [0.25, 0.3) is 0 Å². The second-order valence-corrected chi connectivity index (χ2v) is 3.59. The van der Waals surface area contributed by atoms with Gasteiger partial charge in [-0.25, -0.2) is 0 Å². The van der Waals surface area contributed by atoms with Crippen molar-refractivity contribution < 1.29 is 9.90 Å². The van der Waals surface area contributed by atoms with E-state index >= 15 is 0 Å². The minimum absolute atomic E-state index is 0.102. The van der Waals surface area contributed by atoms with E-state index in [0.717, 1.165) is 6.42 Å². The average molecular weight is 206 g/mol. The lowest BCUT2D eigenvalue weighted by Gasteiger charge is -2.08. The number of anilines is 1. The number of carbonyl (C=O) groups excluding carboxylic acids is 1. The number of carbonyl (C=O) groups is 1. The Labute approximate surface area is 90.1 Å². The van der Waals surface area contributed by atoms with Gasteiger partial charge in [-0.1, -0.05) is 20.3 Å². The van der Waals surface area contributed by atoms with Crippen LogP contribution in [0.5, 0.6) is 5.75 Å². The van der Waals surface area contributed by atoms with Crippen LogP contribution in [0.15, 0.2) is 24.3 Å². The van der Waals surface area contributed by atoms with Crippen molar-refractivity contribution in [3.05, 3.63) is 30.7 Å². The van der Waals surface area contributed by atoms with Crippen molar-refractivity contribution in [1.82, 2.24) is 0 Å². The Hall–Kier alpha value is -1.51. The Balaban J connectivity index is 2.48. The molecule has 1 amide bonds. The first-order valence-electron chi connectivity index (χ1n) is 5.06. The van der Waals surface area contributed by atoms with Crippen LogP contribution in [-0.2, 0) is 4.79 Å². The number of benzene rings is 1. The molecule has 0 aliphatic carbocycles. The fourth-order valence-electron chi connectivity index (χ4n) is 1.10. The first-order chi connectivity index (χ1) is 7.11. The summed E-state index contributed by atoms with van der Waals surface area (Å²) in [6.07, 6.45) is 2.61. The van der Waals surface area contributed by atoms with Crippen LogP contribution < -0.4 is 5.32 Å². The molecule has 1 aromatic rings. The van der Waals surface area contributed by atoms with Gasteiger partial charge in [-0.15, -0.1) is 0 Å². The lowest BCUT2D eigenvalue weighted by molar-refractivity contribution is -0.113. The molecule has 0 spiro atoms. The van der Waals surface area contributed by atoms with Crippen LogP contribution in [0.1, 0.15) is 20.3 Å². The zero-order valence-corrected chi connectivity index (χ0v) is 9.03. The lowest BCUT2D eigenvalue weighted by atomic mass is 10.1. The standard InChI is InChI=1S/C12H16NO2/c1-3-9(2)8-12(15)13-10-4-6-11(14)7-5-10/h4-9,14H,3H2,1-2H3,(H,13,15)/t9-/m1/s1. The summed E-state index contributed by atoms with van der Waals surface area (Å²) in [5.41, 5.74) is 0.692. The number of phenolic OH excluding ortho intramolecular Hbond substituents is 1. The lowest BCUT2D eigenvalue weighted by Crippen LogP contribution is -2.15. The summed E-state index contributed by atoms with van der Waals surface area (Å²) < 4.78 is 0. The van der Waals surface area contributed by atoms with E-state index in [-0.39, 0.29) is 17.6 Å². The summed E-state index contributed by atoms with van der Waals surface area (Å²) >= 11 is 0. The highest BCUT2D eigenvalue weighted by Gasteiger charge is 2.07. The molecule has 1 aromatic carbocycles. The molecule has 0 heterocycles. The Morgan fingerprint density at radius 3 is 2.60 bits per heavy atom. The third kappa shape index (κ3) is 4.02. The van der Waals surface area contributed by atoms with Gasteiger partial charge in [0.1, 0.15) is 5.75 Å². The van der Waals surface area contributed by atoms with Gasteiger partial charge in [0, 0.05) is 5.69 Å². The van der Waals surface area contributed by atoms with Crippen molar-refractivity contribution >= 4 is 11.6 Å². The molecule has 0 aliphatic heterocycles. The van der Waals surface area contributed by atoms with E-state index in [0.29, 0.717) is 5.69 Å². The quantitative estimate of drug-likeness (QED) is 0.744. The summed E-state index contributed by atoms with van der Waals surface area (Å²) in [6, 6.07) is 6.41. The van der Waals surface area contributed by atoms with Gasteiger partial charge in [-0.05, 0) is 30.2 Å². The fraction of sp³-hybridized carbons (Fsp3) is 0.333. The first kappa shape index (κ1) is 11.6. The van der Waals surface area contributed by atoms with Gasteiger partial charge in [0.05, 0.1) is 6.42 Å². The number of hydrogen-bond donors (Lipinski definition) is 2. The summed E-state index contributed by atoms with van der Waals surface area (Å²) in [5, 5.41) is 11.8. The Bertz CT molecular complexity index is 319. The molecule has 0 saturated heterocycles. The summed E-state index contributed by atoms with van der Waals surface area (Å²) in [6.45, 7) is 4.03. The maximum Gasteiger partial charge on any atom is 0.228 e. The molecule has 0 bridgehead atoms. The molecule has 2 N–H and O–H groups in total. The topological polar surface area (TPSA) is 49.3 Å². The Morgan fingerprint density at radius 1 is 1.47 bits per heavy atom. The smallest absolute Gasteiger partial charge is 0.228 e. The second kappa shape index (κ2) is 5.39. The number of rotatable bonds is 4. The molecular formula is C12H16NO2. The van der Waals surface area contributed by atoms with Gasteiger partial charge in [0.15, 0.2) is 0 Å². The van der Waals surface area contributed by atoms with E-state index < -0.39 is 0 Å². The van der Waals surface area contributed by atoms with E-state index in [1.165, 1.54) is 0 Å². The fourth-order valence-corrected chi connectivity index (χ4v) is 1.10. The monoisotopic (exact) mass is 206 g/mol. The molecule has 3 nitrogen and oxygen atoms in total. The zero-order chi connectivity index (χ0) is 11.3. The van der Waals surface area contributed by atoms with E-state index in [1.54, 1.807) is 30.7 Å². The molecule has 15 heavy (non-hydrogen) atoms. The number of amides is 1. The van der Waals surface area contributed by atoms with Crippen LogP contribution in [0.3, 0.4) is 0 Å². The van der Waals surface area contributed by atoms with Crippen LogP contribution in [0.25, 0.3) is 0 Å². The molecule has 0 aromatic heterocycles. The van der Waals surface area contributed by atoms with Crippen LogP contribution in [0, 0.1) is 12.3 Å². The normalized spacial score (nSPS) is 12.1. The van der Waals surface area contributed by atoms with Gasteiger partial charge in [-0.3, -0.25) is 4.79 Å². The van der Waals surface area contributed by atoms with Gasteiger partial charge >= 0.3 is 0 Å². The Kier molecular flexibility index (Phi) is 4.16. The number of phenols is 1. The minimum atomic E-state index is -0.102. The predicted molar refractivity (Wildman–Crippen MR) is 60.5 cm³/mol. The minimum Gasteiger partial charge on any atom is -0.508 e. The maximum atomic E-state index is 11.4. The summed E-state index contributed by atoms with van der Waals surface area (Å²) in [5.74, 6) is 0.371. The number of nitrogens with one attached hydrogen (secondary N) is 1. The summed E-state index contributed by atoms with van der Waals surface area (Å²) in [7, 11) is 0. The van der Waals surface area contributed by atoms with E-state index in [2.05, 4.69) is 5.32 Å². The van der Waals surface area contributed by atoms with Crippen molar-refractivity contribution in [2.24, 2.45) is 5.92 Å². The first-order valence-corrected chi connectivity index (χ1v) is 5.06. The molecule has 0 aliphatic rings. The van der Waals surface area contributed by atoms with Crippen molar-refractivity contribution in [2.45, 2.75) is 20.3 Å². The van der Waals surface area contributed by atoms with Crippen LogP contribution in [0.4, 0.5) is 5.69 Å². The number of aromatic hydroxyl groups is 1. The zero-order valence-electron chi connectivity index (χ0n) is 9.03. The molecule has 1 atom stereocenters. The van der Waals surface area contributed by atoms with Crippen molar-refractivity contribution in [2.75, 3.05) is 5.32 Å². The average Bonchev–Trinajstić information content (AvgIpc) is 2.21. The highest BCUT2D eigenvalue weighted by atomic mass is 16.3. The highest BCUT2D eigenvalue weighted by Crippen LogP contribution is 2.14. The summed E-state index contributed by atoms with van der Waals surface area (Å²) in [4.78, 5) is 11.4. The van der Waals surface area contributed by atoms with Crippen LogP contribution in [0.2, 0.25) is 0 Å². The molecule has 0 unspecified atom stereocenters. The predicted octanol–water partition coefficient (Wildman–Crippen LogP) is 2.58. The van der Waals surface area contributed by atoms with E-state index in [4.69, 9.17) is 5.11 Å². The van der Waals surface area contributed by atoms with Crippen LogP contribution >= 0.6 is 0 Å². The van der Waals surface area contributed by atoms with Crippen molar-refractivity contribution in [3.8, 4) is 5.75 Å². The Morgan fingerprint density at radius 2 is 2.07 bits per heavy atom. The second-order valence-electron chi connectivity index (χ2n) is 3.59. The molecule has 81 valence electrons. The molecule has 0 saturated carbocycles. The third-order valence-electron chi connectivity index (χ3n) is 2.21. The molecule has 1 radical (unpaired) electrons.